The lowest BCUT2D eigenvalue weighted by molar-refractivity contribution is 0.208. The van der Waals surface area contributed by atoms with Gasteiger partial charge in [0.15, 0.2) is 0 Å². The van der Waals surface area contributed by atoms with E-state index in [9.17, 15) is 0 Å². The highest BCUT2D eigenvalue weighted by atomic mass is 16.5. The first kappa shape index (κ1) is 13.7. The minimum atomic E-state index is 0.220. The third-order valence-corrected chi connectivity index (χ3v) is 2.67. The molecular weight excluding hydrogens is 214 g/mol. The monoisotopic (exact) mass is 235 g/mol. The first-order valence-corrected chi connectivity index (χ1v) is 5.88. The van der Waals surface area contributed by atoms with Gasteiger partial charge in [0.2, 0.25) is 0 Å². The van der Waals surface area contributed by atoms with Gasteiger partial charge >= 0.3 is 0 Å². The normalized spacial score (nSPS) is 13.5. The van der Waals surface area contributed by atoms with Crippen LogP contribution in [0.15, 0.2) is 35.3 Å². The van der Waals surface area contributed by atoms with Crippen molar-refractivity contribution in [2.45, 2.75) is 19.3 Å². The third kappa shape index (κ3) is 4.17. The second-order valence-corrected chi connectivity index (χ2v) is 3.78. The number of aliphatic imine (C=N–C) groups is 1. The Morgan fingerprint density at radius 3 is 2.65 bits per heavy atom. The Kier molecular flexibility index (Phi) is 6.29. The summed E-state index contributed by atoms with van der Waals surface area (Å²) in [6, 6.07) is 10.3. The molecule has 0 amide bonds. The maximum absolute atomic E-state index is 5.55. The lowest BCUT2D eigenvalue weighted by atomic mass is 9.95. The molecular formula is C13H21N3O. The Hall–Kier alpha value is -1.39. The largest absolute Gasteiger partial charge is 0.383 e. The number of hydrazine groups is 1. The molecule has 1 rings (SSSR count). The summed E-state index contributed by atoms with van der Waals surface area (Å²) in [5, 5.41) is 0. The highest BCUT2D eigenvalue weighted by molar-refractivity contribution is 5.88. The Bertz CT molecular complexity index is 338. The van der Waals surface area contributed by atoms with E-state index < -0.39 is 0 Å². The van der Waals surface area contributed by atoms with E-state index in [-0.39, 0.29) is 5.92 Å². The standard InChI is InChI=1S/C13H21N3O/c1-3-12(11-7-5-4-6-8-11)13(16-14)15-9-10-17-2/h4-8,12H,3,9-10,14H2,1-2H3,(H,15,16). The minimum Gasteiger partial charge on any atom is -0.383 e. The summed E-state index contributed by atoms with van der Waals surface area (Å²) in [5.41, 5.74) is 3.93. The topological polar surface area (TPSA) is 59.6 Å². The van der Waals surface area contributed by atoms with Gasteiger partial charge in [-0.3, -0.25) is 4.99 Å². The first-order chi connectivity index (χ1) is 8.33. The van der Waals surface area contributed by atoms with E-state index in [2.05, 4.69) is 29.5 Å². The molecule has 0 aliphatic carbocycles. The summed E-state index contributed by atoms with van der Waals surface area (Å²) in [5.74, 6) is 6.58. The summed E-state index contributed by atoms with van der Waals surface area (Å²) in [6.07, 6.45) is 0.958. The Balaban J connectivity index is 2.80. The summed E-state index contributed by atoms with van der Waals surface area (Å²) in [7, 11) is 1.67. The third-order valence-electron chi connectivity index (χ3n) is 2.67. The van der Waals surface area contributed by atoms with Crippen LogP contribution in [0, 0.1) is 0 Å². The number of benzene rings is 1. The van der Waals surface area contributed by atoms with Crippen molar-refractivity contribution in [3.8, 4) is 0 Å². The van der Waals surface area contributed by atoms with E-state index in [1.807, 2.05) is 18.2 Å². The molecule has 0 aliphatic heterocycles. The van der Waals surface area contributed by atoms with Gasteiger partial charge in [-0.2, -0.15) is 0 Å². The zero-order chi connectivity index (χ0) is 12.5. The number of amidine groups is 1. The van der Waals surface area contributed by atoms with Crippen LogP contribution in [0.2, 0.25) is 0 Å². The van der Waals surface area contributed by atoms with Crippen molar-refractivity contribution >= 4 is 5.84 Å². The molecule has 0 heterocycles. The molecule has 0 fully saturated rings. The average molecular weight is 235 g/mol. The Morgan fingerprint density at radius 1 is 1.41 bits per heavy atom. The fourth-order valence-corrected chi connectivity index (χ4v) is 1.79. The maximum Gasteiger partial charge on any atom is 0.118 e. The second-order valence-electron chi connectivity index (χ2n) is 3.78. The van der Waals surface area contributed by atoms with Gasteiger partial charge in [-0.25, -0.2) is 5.84 Å². The number of ether oxygens (including phenoxy) is 1. The van der Waals surface area contributed by atoms with Gasteiger partial charge in [0.05, 0.1) is 13.2 Å². The molecule has 17 heavy (non-hydrogen) atoms. The first-order valence-electron chi connectivity index (χ1n) is 5.88. The van der Waals surface area contributed by atoms with Crippen LogP contribution in [0.3, 0.4) is 0 Å². The van der Waals surface area contributed by atoms with Crippen LogP contribution >= 0.6 is 0 Å². The van der Waals surface area contributed by atoms with Crippen LogP contribution in [0.25, 0.3) is 0 Å². The smallest absolute Gasteiger partial charge is 0.118 e. The van der Waals surface area contributed by atoms with E-state index >= 15 is 0 Å². The van der Waals surface area contributed by atoms with Gasteiger partial charge < -0.3 is 10.2 Å². The zero-order valence-corrected chi connectivity index (χ0v) is 10.5. The molecule has 4 heteroatoms. The summed E-state index contributed by atoms with van der Waals surface area (Å²) >= 11 is 0. The molecule has 0 aliphatic rings. The molecule has 0 radical (unpaired) electrons. The van der Waals surface area contributed by atoms with Crippen molar-refractivity contribution < 1.29 is 4.74 Å². The predicted octanol–water partition coefficient (Wildman–Crippen LogP) is 1.69. The predicted molar refractivity (Wildman–Crippen MR) is 71.0 cm³/mol. The van der Waals surface area contributed by atoms with Crippen molar-refractivity contribution in [3.63, 3.8) is 0 Å². The summed E-state index contributed by atoms with van der Waals surface area (Å²) in [4.78, 5) is 4.44. The van der Waals surface area contributed by atoms with Gasteiger partial charge in [-0.1, -0.05) is 37.3 Å². The molecule has 94 valence electrons. The van der Waals surface area contributed by atoms with Crippen molar-refractivity contribution in [1.29, 1.82) is 0 Å². The molecule has 1 aromatic carbocycles. The van der Waals surface area contributed by atoms with E-state index in [0.717, 1.165) is 12.3 Å². The molecule has 1 aromatic rings. The van der Waals surface area contributed by atoms with E-state index in [1.165, 1.54) is 5.56 Å². The van der Waals surface area contributed by atoms with Crippen LogP contribution in [-0.4, -0.2) is 26.1 Å². The Labute approximate surface area is 103 Å². The van der Waals surface area contributed by atoms with E-state index in [0.29, 0.717) is 13.2 Å². The van der Waals surface area contributed by atoms with Crippen LogP contribution in [0.1, 0.15) is 24.8 Å². The van der Waals surface area contributed by atoms with Crippen molar-refractivity contribution in [2.24, 2.45) is 10.8 Å². The molecule has 4 nitrogen and oxygen atoms in total. The van der Waals surface area contributed by atoms with Crippen molar-refractivity contribution in [1.82, 2.24) is 5.43 Å². The molecule has 0 aromatic heterocycles. The average Bonchev–Trinajstić information content (AvgIpc) is 2.39. The number of methoxy groups -OCH3 is 1. The highest BCUT2D eigenvalue weighted by Crippen LogP contribution is 2.19. The van der Waals surface area contributed by atoms with Gasteiger partial charge in [0.1, 0.15) is 5.84 Å². The highest BCUT2D eigenvalue weighted by Gasteiger charge is 2.14. The maximum atomic E-state index is 5.55. The van der Waals surface area contributed by atoms with Crippen molar-refractivity contribution in [2.75, 3.05) is 20.3 Å². The van der Waals surface area contributed by atoms with E-state index in [1.54, 1.807) is 7.11 Å². The molecule has 1 atom stereocenters. The van der Waals surface area contributed by atoms with E-state index in [4.69, 9.17) is 10.6 Å². The fourth-order valence-electron chi connectivity index (χ4n) is 1.79. The minimum absolute atomic E-state index is 0.220. The Morgan fingerprint density at radius 2 is 2.12 bits per heavy atom. The number of nitrogens with one attached hydrogen (secondary N) is 1. The zero-order valence-electron chi connectivity index (χ0n) is 10.5. The molecule has 3 N–H and O–H groups in total. The number of rotatable bonds is 6. The summed E-state index contributed by atoms with van der Waals surface area (Å²) < 4.78 is 4.98. The molecule has 0 spiro atoms. The molecule has 1 unspecified atom stereocenters. The van der Waals surface area contributed by atoms with Crippen LogP contribution in [0.5, 0.6) is 0 Å². The van der Waals surface area contributed by atoms with Crippen molar-refractivity contribution in [3.05, 3.63) is 35.9 Å². The van der Waals surface area contributed by atoms with Gasteiger partial charge in [-0.05, 0) is 12.0 Å². The summed E-state index contributed by atoms with van der Waals surface area (Å²) in [6.45, 7) is 3.36. The van der Waals surface area contributed by atoms with Gasteiger partial charge in [0, 0.05) is 13.0 Å². The molecule has 0 bridgehead atoms. The SMILES string of the molecule is CCC(C(=NCCOC)NN)c1ccccc1. The van der Waals surface area contributed by atoms with Gasteiger partial charge in [0.25, 0.3) is 0 Å². The van der Waals surface area contributed by atoms with Gasteiger partial charge in [-0.15, -0.1) is 0 Å². The number of hydrogen-bond acceptors (Lipinski definition) is 3. The lowest BCUT2D eigenvalue weighted by Crippen LogP contribution is -2.35. The number of nitrogens with two attached hydrogens (primary N) is 1. The molecule has 0 saturated heterocycles. The molecule has 0 saturated carbocycles. The quantitative estimate of drug-likeness (QED) is 0.259. The lowest BCUT2D eigenvalue weighted by Gasteiger charge is -2.17. The van der Waals surface area contributed by atoms with Crippen LogP contribution in [-0.2, 0) is 4.74 Å². The fraction of sp³-hybridized carbons (Fsp3) is 0.462. The number of nitrogens with zero attached hydrogens (tertiary/aromatic N) is 1. The second kappa shape index (κ2) is 7.81. The number of hydrogen-bond donors (Lipinski definition) is 2. The van der Waals surface area contributed by atoms with Crippen LogP contribution in [0.4, 0.5) is 0 Å². The van der Waals surface area contributed by atoms with Crippen LogP contribution < -0.4 is 11.3 Å².